The summed E-state index contributed by atoms with van der Waals surface area (Å²) in [6.45, 7) is 6.32. The van der Waals surface area contributed by atoms with Crippen molar-refractivity contribution in [2.24, 2.45) is 11.8 Å². The summed E-state index contributed by atoms with van der Waals surface area (Å²) in [6, 6.07) is 0. The normalized spacial score (nSPS) is 23.6. The van der Waals surface area contributed by atoms with Crippen LogP contribution in [0.5, 0.6) is 0 Å². The molecule has 27 heavy (non-hydrogen) atoms. The molecule has 1 atom stereocenters. The number of carbonyl (C=O) groups is 1. The lowest BCUT2D eigenvalue weighted by atomic mass is 9.81. The number of likely N-dealkylation sites (tertiary alicyclic amines) is 1. The first-order valence-corrected chi connectivity index (χ1v) is 11.6. The second-order valence-electron chi connectivity index (χ2n) is 7.95. The Morgan fingerprint density at radius 3 is 2.52 bits per heavy atom. The molecular formula is C19H32N4O3S. The van der Waals surface area contributed by atoms with Crippen LogP contribution in [0.4, 0.5) is 0 Å². The molecule has 7 nitrogen and oxygen atoms in total. The van der Waals surface area contributed by atoms with E-state index in [9.17, 15) is 13.2 Å². The molecule has 152 valence electrons. The maximum atomic E-state index is 13.1. The van der Waals surface area contributed by atoms with E-state index in [2.05, 4.69) is 5.10 Å². The first-order chi connectivity index (χ1) is 12.8. The van der Waals surface area contributed by atoms with Crippen molar-refractivity contribution < 1.29 is 13.2 Å². The zero-order chi connectivity index (χ0) is 19.6. The molecule has 2 aliphatic rings. The zero-order valence-corrected chi connectivity index (χ0v) is 17.5. The van der Waals surface area contributed by atoms with Gasteiger partial charge in [-0.3, -0.25) is 9.48 Å². The van der Waals surface area contributed by atoms with Crippen molar-refractivity contribution in [3.63, 3.8) is 0 Å². The lowest BCUT2D eigenvalue weighted by Gasteiger charge is -2.35. The molecule has 2 fully saturated rings. The van der Waals surface area contributed by atoms with Gasteiger partial charge in [-0.05, 0) is 44.9 Å². The molecule has 2 aliphatic heterocycles. The first kappa shape index (κ1) is 20.3. The number of piperidine rings is 1. The Morgan fingerprint density at radius 1 is 1.15 bits per heavy atom. The highest BCUT2D eigenvalue weighted by Gasteiger charge is 2.37. The SMILES string of the molecule is CCCn1cc(S(=O)(=O)N2CCC([C@@H]3CCCCN(C)C3=O)CC2)c(C)n1. The molecule has 2 saturated heterocycles. The van der Waals surface area contributed by atoms with Gasteiger partial charge in [-0.1, -0.05) is 13.3 Å². The summed E-state index contributed by atoms with van der Waals surface area (Å²) in [5.41, 5.74) is 0.561. The lowest BCUT2D eigenvalue weighted by Crippen LogP contribution is -2.43. The third-order valence-corrected chi connectivity index (χ3v) is 7.99. The minimum absolute atomic E-state index is 0.0522. The van der Waals surface area contributed by atoms with Gasteiger partial charge in [0.1, 0.15) is 4.90 Å². The van der Waals surface area contributed by atoms with Crippen LogP contribution >= 0.6 is 0 Å². The first-order valence-electron chi connectivity index (χ1n) is 10.1. The van der Waals surface area contributed by atoms with Gasteiger partial charge in [0.2, 0.25) is 15.9 Å². The molecule has 0 aliphatic carbocycles. The van der Waals surface area contributed by atoms with E-state index in [4.69, 9.17) is 0 Å². The van der Waals surface area contributed by atoms with Crippen molar-refractivity contribution in [3.8, 4) is 0 Å². The maximum absolute atomic E-state index is 13.1. The van der Waals surface area contributed by atoms with Gasteiger partial charge in [0.05, 0.1) is 5.69 Å². The second-order valence-corrected chi connectivity index (χ2v) is 9.85. The fraction of sp³-hybridized carbons (Fsp3) is 0.789. The van der Waals surface area contributed by atoms with Crippen molar-refractivity contribution in [2.75, 3.05) is 26.7 Å². The Bertz CT molecular complexity index is 766. The molecule has 0 aromatic carbocycles. The quantitative estimate of drug-likeness (QED) is 0.765. The summed E-state index contributed by atoms with van der Waals surface area (Å²) in [6.07, 6.45) is 7.16. The number of carbonyl (C=O) groups excluding carboxylic acids is 1. The molecule has 0 saturated carbocycles. The van der Waals surface area contributed by atoms with Crippen LogP contribution in [0.15, 0.2) is 11.1 Å². The lowest BCUT2D eigenvalue weighted by molar-refractivity contribution is -0.135. The van der Waals surface area contributed by atoms with Gasteiger partial charge in [-0.2, -0.15) is 9.40 Å². The van der Waals surface area contributed by atoms with Crippen molar-refractivity contribution in [1.29, 1.82) is 0 Å². The molecule has 0 unspecified atom stereocenters. The second kappa shape index (κ2) is 8.31. The summed E-state index contributed by atoms with van der Waals surface area (Å²) in [5, 5.41) is 4.34. The van der Waals surface area contributed by atoms with Gasteiger partial charge >= 0.3 is 0 Å². The smallest absolute Gasteiger partial charge is 0.246 e. The van der Waals surface area contributed by atoms with Crippen molar-refractivity contribution in [1.82, 2.24) is 19.0 Å². The Morgan fingerprint density at radius 2 is 1.85 bits per heavy atom. The van der Waals surface area contributed by atoms with Crippen LogP contribution in [-0.4, -0.2) is 60.0 Å². The van der Waals surface area contributed by atoms with Gasteiger partial charge in [-0.25, -0.2) is 8.42 Å². The minimum Gasteiger partial charge on any atom is -0.346 e. The molecular weight excluding hydrogens is 364 g/mol. The van der Waals surface area contributed by atoms with Gasteiger partial charge in [0, 0.05) is 45.3 Å². The molecule has 1 aromatic rings. The number of sulfonamides is 1. The van der Waals surface area contributed by atoms with Crippen LogP contribution in [0.2, 0.25) is 0 Å². The Kier molecular flexibility index (Phi) is 6.25. The van der Waals surface area contributed by atoms with E-state index in [1.54, 1.807) is 22.1 Å². The monoisotopic (exact) mass is 396 g/mol. The third kappa shape index (κ3) is 4.21. The highest BCUT2D eigenvalue weighted by molar-refractivity contribution is 7.89. The largest absolute Gasteiger partial charge is 0.346 e. The molecule has 3 rings (SSSR count). The Hall–Kier alpha value is -1.41. The molecule has 1 amide bonds. The number of nitrogens with zero attached hydrogens (tertiary/aromatic N) is 4. The zero-order valence-electron chi connectivity index (χ0n) is 16.7. The molecule has 0 spiro atoms. The number of rotatable bonds is 5. The molecule has 1 aromatic heterocycles. The van der Waals surface area contributed by atoms with E-state index < -0.39 is 10.0 Å². The predicted octanol–water partition coefficient (Wildman–Crippen LogP) is 2.26. The molecule has 8 heteroatoms. The van der Waals surface area contributed by atoms with E-state index in [-0.39, 0.29) is 17.7 Å². The fourth-order valence-corrected chi connectivity index (χ4v) is 6.06. The van der Waals surface area contributed by atoms with Crippen molar-refractivity contribution >= 4 is 15.9 Å². The summed E-state index contributed by atoms with van der Waals surface area (Å²) < 4.78 is 29.5. The standard InChI is InChI=1S/C19H32N4O3S/c1-4-10-22-14-18(15(2)20-22)27(25,26)23-12-8-16(9-13-23)17-7-5-6-11-21(3)19(17)24/h14,16-17H,4-13H2,1-3H3/t17-/m0/s1. The predicted molar refractivity (Wildman–Crippen MR) is 104 cm³/mol. The molecule has 3 heterocycles. The Balaban J connectivity index is 1.68. The topological polar surface area (TPSA) is 75.5 Å². The van der Waals surface area contributed by atoms with Crippen LogP contribution in [-0.2, 0) is 21.4 Å². The van der Waals surface area contributed by atoms with E-state index in [1.807, 2.05) is 18.9 Å². The fourth-order valence-electron chi connectivity index (χ4n) is 4.42. The number of aromatic nitrogens is 2. The highest BCUT2D eigenvalue weighted by Crippen LogP contribution is 2.33. The number of amides is 1. The van der Waals surface area contributed by atoms with Crippen LogP contribution in [0, 0.1) is 18.8 Å². The average Bonchev–Trinajstić information content (AvgIpc) is 2.94. The summed E-state index contributed by atoms with van der Waals surface area (Å²) in [4.78, 5) is 14.8. The van der Waals surface area contributed by atoms with Gasteiger partial charge < -0.3 is 4.90 Å². The van der Waals surface area contributed by atoms with E-state index in [1.165, 1.54) is 0 Å². The number of aryl methyl sites for hydroxylation is 2. The average molecular weight is 397 g/mol. The van der Waals surface area contributed by atoms with Gasteiger partial charge in [0.25, 0.3) is 0 Å². The maximum Gasteiger partial charge on any atom is 0.246 e. The van der Waals surface area contributed by atoms with Crippen LogP contribution < -0.4 is 0 Å². The minimum atomic E-state index is -3.52. The summed E-state index contributed by atoms with van der Waals surface area (Å²) >= 11 is 0. The van der Waals surface area contributed by atoms with Crippen molar-refractivity contribution in [2.45, 2.75) is 63.8 Å². The summed E-state index contributed by atoms with van der Waals surface area (Å²) in [5.74, 6) is 0.579. The number of hydrogen-bond donors (Lipinski definition) is 0. The Labute approximate surface area is 162 Å². The highest BCUT2D eigenvalue weighted by atomic mass is 32.2. The third-order valence-electron chi connectivity index (χ3n) is 5.99. The van der Waals surface area contributed by atoms with Gasteiger partial charge in [0.15, 0.2) is 0 Å². The van der Waals surface area contributed by atoms with Gasteiger partial charge in [-0.15, -0.1) is 0 Å². The van der Waals surface area contributed by atoms with Crippen LogP contribution in [0.1, 0.15) is 51.1 Å². The molecule has 0 N–H and O–H groups in total. The summed E-state index contributed by atoms with van der Waals surface area (Å²) in [7, 11) is -1.64. The molecule has 0 radical (unpaired) electrons. The van der Waals surface area contributed by atoms with E-state index in [0.29, 0.717) is 23.7 Å². The molecule has 0 bridgehead atoms. The van der Waals surface area contributed by atoms with Crippen molar-refractivity contribution in [3.05, 3.63) is 11.9 Å². The van der Waals surface area contributed by atoms with E-state index in [0.717, 1.165) is 51.6 Å². The number of hydrogen-bond acceptors (Lipinski definition) is 4. The van der Waals surface area contributed by atoms with Crippen LogP contribution in [0.25, 0.3) is 0 Å². The van der Waals surface area contributed by atoms with Crippen LogP contribution in [0.3, 0.4) is 0 Å². The van der Waals surface area contributed by atoms with E-state index >= 15 is 0 Å².